The molecule has 1 heterocycles. The lowest BCUT2D eigenvalue weighted by atomic mass is 10.2. The Kier molecular flexibility index (Phi) is 3.72. The first-order chi connectivity index (χ1) is 8.59. The lowest BCUT2D eigenvalue weighted by Crippen LogP contribution is -2.38. The van der Waals surface area contributed by atoms with Crippen LogP contribution in [-0.4, -0.2) is 36.5 Å². The van der Waals surface area contributed by atoms with Gasteiger partial charge in [-0.05, 0) is 24.6 Å². The van der Waals surface area contributed by atoms with Crippen molar-refractivity contribution in [2.75, 3.05) is 25.0 Å². The number of anilines is 1. The van der Waals surface area contributed by atoms with Crippen LogP contribution < -0.4 is 10.6 Å². The average molecular weight is 268 g/mol. The number of nitrogens with zero attached hydrogens (tertiary/aromatic N) is 1. The summed E-state index contributed by atoms with van der Waals surface area (Å²) in [6.45, 7) is 2.89. The summed E-state index contributed by atoms with van der Waals surface area (Å²) in [6, 6.07) is 5.12. The molecule has 0 bridgehead atoms. The second-order valence-electron chi connectivity index (χ2n) is 4.04. The standard InChI is InChI=1S/C12H14ClN3O2/c1-8-9(13)3-2-4-10(8)15-7-11(17)16-6-5-14-12(16)18/h2-4,15H,5-7H2,1H3,(H,14,18). The van der Waals surface area contributed by atoms with Crippen LogP contribution in [-0.2, 0) is 4.79 Å². The number of benzene rings is 1. The highest BCUT2D eigenvalue weighted by Gasteiger charge is 2.25. The fourth-order valence-electron chi connectivity index (χ4n) is 1.77. The Morgan fingerprint density at radius 3 is 3.00 bits per heavy atom. The predicted octanol–water partition coefficient (Wildman–Crippen LogP) is 1.61. The first-order valence-electron chi connectivity index (χ1n) is 5.67. The zero-order chi connectivity index (χ0) is 13.1. The molecular weight excluding hydrogens is 254 g/mol. The largest absolute Gasteiger partial charge is 0.376 e. The van der Waals surface area contributed by atoms with Crippen molar-refractivity contribution in [3.63, 3.8) is 0 Å². The lowest BCUT2D eigenvalue weighted by molar-refractivity contribution is -0.125. The van der Waals surface area contributed by atoms with E-state index in [2.05, 4.69) is 10.6 Å². The summed E-state index contributed by atoms with van der Waals surface area (Å²) in [5.74, 6) is -0.246. The van der Waals surface area contributed by atoms with E-state index in [-0.39, 0.29) is 18.5 Å². The smallest absolute Gasteiger partial charge is 0.324 e. The zero-order valence-corrected chi connectivity index (χ0v) is 10.8. The minimum atomic E-state index is -0.329. The van der Waals surface area contributed by atoms with Crippen LogP contribution in [0.5, 0.6) is 0 Å². The van der Waals surface area contributed by atoms with Crippen molar-refractivity contribution in [2.24, 2.45) is 0 Å². The average Bonchev–Trinajstić information content (AvgIpc) is 2.77. The number of carbonyl (C=O) groups is 2. The molecule has 0 spiro atoms. The Balaban J connectivity index is 1.97. The summed E-state index contributed by atoms with van der Waals surface area (Å²) in [6.07, 6.45) is 0. The molecule has 1 aromatic rings. The molecule has 3 amide bonds. The quantitative estimate of drug-likeness (QED) is 0.875. The Labute approximate surface area is 110 Å². The SMILES string of the molecule is Cc1c(Cl)cccc1NCC(=O)N1CCNC1=O. The van der Waals surface area contributed by atoms with E-state index in [1.807, 2.05) is 19.1 Å². The monoisotopic (exact) mass is 267 g/mol. The molecule has 2 rings (SSSR count). The topological polar surface area (TPSA) is 61.4 Å². The van der Waals surface area contributed by atoms with Gasteiger partial charge in [-0.2, -0.15) is 0 Å². The number of rotatable bonds is 3. The van der Waals surface area contributed by atoms with Crippen molar-refractivity contribution in [2.45, 2.75) is 6.92 Å². The highest BCUT2D eigenvalue weighted by molar-refractivity contribution is 6.31. The molecule has 0 saturated carbocycles. The number of imide groups is 1. The molecule has 1 aliphatic heterocycles. The van der Waals surface area contributed by atoms with E-state index in [0.29, 0.717) is 18.1 Å². The van der Waals surface area contributed by atoms with E-state index in [1.54, 1.807) is 6.07 Å². The van der Waals surface area contributed by atoms with Crippen LogP contribution in [0, 0.1) is 6.92 Å². The normalized spacial score (nSPS) is 14.6. The van der Waals surface area contributed by atoms with Gasteiger partial charge in [0.25, 0.3) is 0 Å². The van der Waals surface area contributed by atoms with Gasteiger partial charge in [0.15, 0.2) is 0 Å². The second-order valence-corrected chi connectivity index (χ2v) is 4.45. The molecule has 1 aromatic carbocycles. The van der Waals surface area contributed by atoms with Crippen LogP contribution >= 0.6 is 11.6 Å². The maximum atomic E-state index is 11.8. The number of nitrogens with one attached hydrogen (secondary N) is 2. The summed E-state index contributed by atoms with van der Waals surface area (Å²) in [7, 11) is 0. The molecule has 0 atom stereocenters. The highest BCUT2D eigenvalue weighted by Crippen LogP contribution is 2.22. The molecular formula is C12H14ClN3O2. The molecule has 2 N–H and O–H groups in total. The van der Waals surface area contributed by atoms with E-state index in [0.717, 1.165) is 11.3 Å². The van der Waals surface area contributed by atoms with Gasteiger partial charge in [0.05, 0.1) is 6.54 Å². The van der Waals surface area contributed by atoms with Gasteiger partial charge in [-0.1, -0.05) is 17.7 Å². The van der Waals surface area contributed by atoms with E-state index in [4.69, 9.17) is 11.6 Å². The number of halogens is 1. The van der Waals surface area contributed by atoms with Crippen molar-refractivity contribution < 1.29 is 9.59 Å². The van der Waals surface area contributed by atoms with Gasteiger partial charge in [-0.3, -0.25) is 9.69 Å². The van der Waals surface area contributed by atoms with E-state index in [9.17, 15) is 9.59 Å². The lowest BCUT2D eigenvalue weighted by Gasteiger charge is -2.14. The van der Waals surface area contributed by atoms with E-state index < -0.39 is 0 Å². The summed E-state index contributed by atoms with van der Waals surface area (Å²) in [5, 5.41) is 6.23. The molecule has 96 valence electrons. The Morgan fingerprint density at radius 2 is 2.33 bits per heavy atom. The fraction of sp³-hybridized carbons (Fsp3) is 0.333. The van der Waals surface area contributed by atoms with Crippen molar-refractivity contribution in [3.05, 3.63) is 28.8 Å². The van der Waals surface area contributed by atoms with Crippen LogP contribution in [0.2, 0.25) is 5.02 Å². The van der Waals surface area contributed by atoms with Crippen molar-refractivity contribution >= 4 is 29.2 Å². The second kappa shape index (κ2) is 5.27. The molecule has 1 fully saturated rings. The van der Waals surface area contributed by atoms with Crippen molar-refractivity contribution in [1.29, 1.82) is 0 Å². The molecule has 5 nitrogen and oxygen atoms in total. The molecule has 6 heteroatoms. The van der Waals surface area contributed by atoms with Gasteiger partial charge < -0.3 is 10.6 Å². The minimum Gasteiger partial charge on any atom is -0.376 e. The Bertz CT molecular complexity index is 490. The molecule has 0 radical (unpaired) electrons. The van der Waals surface area contributed by atoms with E-state index in [1.165, 1.54) is 4.90 Å². The van der Waals surface area contributed by atoms with E-state index >= 15 is 0 Å². The van der Waals surface area contributed by atoms with Gasteiger partial charge in [0.2, 0.25) is 5.91 Å². The van der Waals surface area contributed by atoms with Crippen molar-refractivity contribution in [1.82, 2.24) is 10.2 Å². The number of urea groups is 1. The molecule has 0 unspecified atom stereocenters. The first kappa shape index (κ1) is 12.7. The molecule has 1 aliphatic rings. The van der Waals surface area contributed by atoms with Crippen LogP contribution in [0.15, 0.2) is 18.2 Å². The van der Waals surface area contributed by atoms with Gasteiger partial charge >= 0.3 is 6.03 Å². The first-order valence-corrected chi connectivity index (χ1v) is 6.04. The summed E-state index contributed by atoms with van der Waals surface area (Å²) >= 11 is 5.98. The molecule has 1 saturated heterocycles. The molecule has 0 aromatic heterocycles. The number of amides is 3. The Morgan fingerprint density at radius 1 is 1.56 bits per heavy atom. The van der Waals surface area contributed by atoms with Crippen molar-refractivity contribution in [3.8, 4) is 0 Å². The fourth-order valence-corrected chi connectivity index (χ4v) is 1.95. The van der Waals surface area contributed by atoms with Gasteiger partial charge in [-0.15, -0.1) is 0 Å². The molecule has 18 heavy (non-hydrogen) atoms. The van der Waals surface area contributed by atoms with Crippen LogP contribution in [0.1, 0.15) is 5.56 Å². The molecule has 0 aliphatic carbocycles. The third-order valence-corrected chi connectivity index (χ3v) is 3.27. The highest BCUT2D eigenvalue weighted by atomic mass is 35.5. The summed E-state index contributed by atoms with van der Waals surface area (Å²) < 4.78 is 0. The third kappa shape index (κ3) is 2.56. The number of hydrogen-bond acceptors (Lipinski definition) is 3. The Hall–Kier alpha value is -1.75. The van der Waals surface area contributed by atoms with Gasteiger partial charge in [0.1, 0.15) is 0 Å². The maximum absolute atomic E-state index is 11.8. The maximum Gasteiger partial charge on any atom is 0.324 e. The summed E-state index contributed by atoms with van der Waals surface area (Å²) in [5.41, 5.74) is 1.69. The summed E-state index contributed by atoms with van der Waals surface area (Å²) in [4.78, 5) is 24.3. The van der Waals surface area contributed by atoms with Crippen LogP contribution in [0.25, 0.3) is 0 Å². The zero-order valence-electron chi connectivity index (χ0n) is 10.00. The van der Waals surface area contributed by atoms with Crippen LogP contribution in [0.4, 0.5) is 10.5 Å². The number of carbonyl (C=O) groups excluding carboxylic acids is 2. The van der Waals surface area contributed by atoms with Gasteiger partial charge in [-0.25, -0.2) is 4.79 Å². The number of hydrogen-bond donors (Lipinski definition) is 2. The van der Waals surface area contributed by atoms with Crippen LogP contribution in [0.3, 0.4) is 0 Å². The predicted molar refractivity (Wildman–Crippen MR) is 69.8 cm³/mol. The third-order valence-electron chi connectivity index (χ3n) is 2.86. The minimum absolute atomic E-state index is 0.0780. The van der Waals surface area contributed by atoms with Gasteiger partial charge in [0, 0.05) is 23.8 Å².